The highest BCUT2D eigenvalue weighted by Crippen LogP contribution is 2.29. The van der Waals surface area contributed by atoms with Crippen LogP contribution in [0.1, 0.15) is 28.1 Å². The normalized spacial score (nSPS) is 15.0. The molecule has 31 heavy (non-hydrogen) atoms. The van der Waals surface area contributed by atoms with Crippen molar-refractivity contribution < 1.29 is 9.53 Å². The molecular weight excluding hydrogens is 428 g/mol. The molecule has 1 amide bonds. The first-order valence-corrected chi connectivity index (χ1v) is 11.8. The lowest BCUT2D eigenvalue weighted by molar-refractivity contribution is 0.0935. The highest BCUT2D eigenvalue weighted by molar-refractivity contribution is 7.15. The Morgan fingerprint density at radius 3 is 2.65 bits per heavy atom. The molecule has 1 aromatic heterocycles. The van der Waals surface area contributed by atoms with E-state index in [-0.39, 0.29) is 5.91 Å². The maximum Gasteiger partial charge on any atom is 0.251 e. The summed E-state index contributed by atoms with van der Waals surface area (Å²) in [5.74, 6) is 0.952. The Morgan fingerprint density at radius 2 is 1.90 bits per heavy atom. The molecule has 0 bridgehead atoms. The molecule has 0 atom stereocenters. The molecule has 1 aliphatic heterocycles. The molecule has 4 rings (SSSR count). The van der Waals surface area contributed by atoms with Crippen LogP contribution < -0.4 is 10.1 Å². The Labute approximate surface area is 192 Å². The second-order valence-corrected chi connectivity index (χ2v) is 9.49. The maximum absolute atomic E-state index is 12.5. The fourth-order valence-electron chi connectivity index (χ4n) is 3.93. The number of nitrogens with zero attached hydrogens (tertiary/aromatic N) is 1. The quantitative estimate of drug-likeness (QED) is 0.496. The van der Waals surface area contributed by atoms with Gasteiger partial charge in [0.25, 0.3) is 5.91 Å². The van der Waals surface area contributed by atoms with E-state index in [0.29, 0.717) is 28.8 Å². The molecule has 162 valence electrons. The van der Waals surface area contributed by atoms with Gasteiger partial charge in [0.15, 0.2) is 0 Å². The molecule has 4 nitrogen and oxygen atoms in total. The molecule has 1 fully saturated rings. The average Bonchev–Trinajstić information content (AvgIpc) is 3.28. The SMILES string of the molecule is COc1cc(C(=O)NCC2CCN(Cc3ccc(-c4ccccc4)s3)CC2)ccc1Cl. The van der Waals surface area contributed by atoms with E-state index in [1.807, 2.05) is 11.3 Å². The van der Waals surface area contributed by atoms with Gasteiger partial charge in [0.2, 0.25) is 0 Å². The number of halogens is 1. The van der Waals surface area contributed by atoms with Crippen molar-refractivity contribution in [2.75, 3.05) is 26.7 Å². The third-order valence-electron chi connectivity index (χ3n) is 5.77. The Kier molecular flexibility index (Phi) is 7.28. The van der Waals surface area contributed by atoms with Gasteiger partial charge in [-0.15, -0.1) is 11.3 Å². The van der Waals surface area contributed by atoms with Gasteiger partial charge in [-0.2, -0.15) is 0 Å². The fraction of sp³-hybridized carbons (Fsp3) is 0.320. The van der Waals surface area contributed by atoms with Gasteiger partial charge in [-0.3, -0.25) is 9.69 Å². The second-order valence-electron chi connectivity index (χ2n) is 7.91. The van der Waals surface area contributed by atoms with E-state index in [2.05, 4.69) is 52.7 Å². The van der Waals surface area contributed by atoms with Crippen molar-refractivity contribution in [1.82, 2.24) is 10.2 Å². The van der Waals surface area contributed by atoms with Crippen LogP contribution in [-0.2, 0) is 6.54 Å². The van der Waals surface area contributed by atoms with Crippen LogP contribution in [0.3, 0.4) is 0 Å². The zero-order chi connectivity index (χ0) is 21.6. The average molecular weight is 455 g/mol. The Hall–Kier alpha value is -2.34. The van der Waals surface area contributed by atoms with E-state index < -0.39 is 0 Å². The lowest BCUT2D eigenvalue weighted by Gasteiger charge is -2.31. The number of benzene rings is 2. The van der Waals surface area contributed by atoms with Crippen LogP contribution >= 0.6 is 22.9 Å². The monoisotopic (exact) mass is 454 g/mol. The number of ether oxygens (including phenoxy) is 1. The molecular formula is C25H27ClN2O2S. The highest BCUT2D eigenvalue weighted by atomic mass is 35.5. The number of likely N-dealkylation sites (tertiary alicyclic amines) is 1. The summed E-state index contributed by atoms with van der Waals surface area (Å²) in [5, 5.41) is 3.58. The minimum atomic E-state index is -0.0792. The molecule has 0 spiro atoms. The number of thiophene rings is 1. The molecule has 1 aliphatic rings. The molecule has 6 heteroatoms. The summed E-state index contributed by atoms with van der Waals surface area (Å²) in [4.78, 5) is 17.7. The van der Waals surface area contributed by atoms with Crippen LogP contribution in [0.5, 0.6) is 5.75 Å². The van der Waals surface area contributed by atoms with Crippen molar-refractivity contribution in [2.45, 2.75) is 19.4 Å². The number of carbonyl (C=O) groups excluding carboxylic acids is 1. The number of carbonyl (C=O) groups is 1. The van der Waals surface area contributed by atoms with Crippen LogP contribution in [0, 0.1) is 5.92 Å². The first-order valence-electron chi connectivity index (χ1n) is 10.6. The number of methoxy groups -OCH3 is 1. The molecule has 2 heterocycles. The molecule has 0 saturated carbocycles. The van der Waals surface area contributed by atoms with Crippen LogP contribution in [0.2, 0.25) is 5.02 Å². The topological polar surface area (TPSA) is 41.6 Å². The predicted molar refractivity (Wildman–Crippen MR) is 128 cm³/mol. The number of rotatable bonds is 7. The van der Waals surface area contributed by atoms with E-state index in [4.69, 9.17) is 16.3 Å². The molecule has 0 radical (unpaired) electrons. The van der Waals surface area contributed by atoms with Crippen LogP contribution in [-0.4, -0.2) is 37.6 Å². The first-order chi connectivity index (χ1) is 15.1. The molecule has 0 aliphatic carbocycles. The summed E-state index contributed by atoms with van der Waals surface area (Å²) in [6.45, 7) is 3.83. The number of hydrogen-bond acceptors (Lipinski definition) is 4. The molecule has 3 aromatic rings. The van der Waals surface area contributed by atoms with Gasteiger partial charge >= 0.3 is 0 Å². The second kappa shape index (κ2) is 10.3. The van der Waals surface area contributed by atoms with Gasteiger partial charge in [0.1, 0.15) is 5.75 Å². The van der Waals surface area contributed by atoms with Gasteiger partial charge in [-0.1, -0.05) is 41.9 Å². The minimum absolute atomic E-state index is 0.0792. The first kappa shape index (κ1) is 21.9. The van der Waals surface area contributed by atoms with Gasteiger partial charge in [-0.25, -0.2) is 0 Å². The number of nitrogens with one attached hydrogen (secondary N) is 1. The zero-order valence-corrected chi connectivity index (χ0v) is 19.2. The predicted octanol–water partition coefficient (Wildman–Crippen LogP) is 5.72. The summed E-state index contributed by atoms with van der Waals surface area (Å²) >= 11 is 7.92. The van der Waals surface area contributed by atoms with E-state index in [0.717, 1.165) is 32.5 Å². The van der Waals surface area contributed by atoms with Gasteiger partial charge in [0, 0.05) is 28.4 Å². The van der Waals surface area contributed by atoms with Crippen molar-refractivity contribution in [3.05, 3.63) is 76.1 Å². The third kappa shape index (κ3) is 5.67. The number of amides is 1. The van der Waals surface area contributed by atoms with E-state index in [9.17, 15) is 4.79 Å². The molecule has 2 aromatic carbocycles. The van der Waals surface area contributed by atoms with Crippen molar-refractivity contribution in [3.63, 3.8) is 0 Å². The van der Waals surface area contributed by atoms with Gasteiger partial charge in [0.05, 0.1) is 12.1 Å². The van der Waals surface area contributed by atoms with Crippen molar-refractivity contribution in [3.8, 4) is 16.2 Å². The summed E-state index contributed by atoms with van der Waals surface area (Å²) in [7, 11) is 1.55. The summed E-state index contributed by atoms with van der Waals surface area (Å²) in [6.07, 6.45) is 2.20. The molecule has 0 unspecified atom stereocenters. The van der Waals surface area contributed by atoms with E-state index >= 15 is 0 Å². The van der Waals surface area contributed by atoms with E-state index in [1.165, 1.54) is 15.3 Å². The maximum atomic E-state index is 12.5. The summed E-state index contributed by atoms with van der Waals surface area (Å²) in [5.41, 5.74) is 1.86. The van der Waals surface area contributed by atoms with Crippen LogP contribution in [0.25, 0.3) is 10.4 Å². The van der Waals surface area contributed by atoms with E-state index in [1.54, 1.807) is 25.3 Å². The number of hydrogen-bond donors (Lipinski definition) is 1. The fourth-order valence-corrected chi connectivity index (χ4v) is 5.18. The van der Waals surface area contributed by atoms with Crippen LogP contribution in [0.4, 0.5) is 0 Å². The Morgan fingerprint density at radius 1 is 1.13 bits per heavy atom. The van der Waals surface area contributed by atoms with Crippen molar-refractivity contribution >= 4 is 28.8 Å². The molecule has 1 saturated heterocycles. The summed E-state index contributed by atoms with van der Waals surface area (Å²) in [6, 6.07) is 20.1. The van der Waals surface area contributed by atoms with Crippen molar-refractivity contribution in [1.29, 1.82) is 0 Å². The largest absolute Gasteiger partial charge is 0.495 e. The lowest BCUT2D eigenvalue weighted by atomic mass is 9.96. The van der Waals surface area contributed by atoms with Gasteiger partial charge < -0.3 is 10.1 Å². The third-order valence-corrected chi connectivity index (χ3v) is 7.20. The standard InChI is InChI=1S/C25H27ClN2O2S/c1-30-23-15-20(7-9-22(23)26)25(29)27-16-18-11-13-28(14-12-18)17-21-8-10-24(31-21)19-5-3-2-4-6-19/h2-10,15,18H,11-14,16-17H2,1H3,(H,27,29). The Bertz CT molecular complexity index is 1010. The highest BCUT2D eigenvalue weighted by Gasteiger charge is 2.21. The van der Waals surface area contributed by atoms with Crippen molar-refractivity contribution in [2.24, 2.45) is 5.92 Å². The minimum Gasteiger partial charge on any atom is -0.495 e. The smallest absolute Gasteiger partial charge is 0.251 e. The summed E-state index contributed by atoms with van der Waals surface area (Å²) < 4.78 is 5.20. The van der Waals surface area contributed by atoms with Crippen LogP contribution in [0.15, 0.2) is 60.7 Å². The lowest BCUT2D eigenvalue weighted by Crippen LogP contribution is -2.38. The molecule has 1 N–H and O–H groups in total. The number of piperidine rings is 1. The van der Waals surface area contributed by atoms with Gasteiger partial charge in [-0.05, 0) is 67.7 Å². The Balaban J connectivity index is 1.23. The zero-order valence-electron chi connectivity index (χ0n) is 17.6.